The Hall–Kier alpha value is -2.52. The second-order valence-corrected chi connectivity index (χ2v) is 6.46. The molecule has 0 aliphatic carbocycles. The first-order valence-electron chi connectivity index (χ1n) is 9.24. The highest BCUT2D eigenvalue weighted by atomic mass is 16.5. The molecule has 3 N–H and O–H groups in total. The number of aliphatic imine (C=N–C) groups is 1. The number of methoxy groups -OCH3 is 1. The van der Waals surface area contributed by atoms with Crippen molar-refractivity contribution in [1.82, 2.24) is 30.4 Å². The maximum absolute atomic E-state index is 10.3. The summed E-state index contributed by atoms with van der Waals surface area (Å²) in [5, 5.41) is 21.5. The average molecular weight is 373 g/mol. The van der Waals surface area contributed by atoms with Crippen LogP contribution in [0.2, 0.25) is 0 Å². The van der Waals surface area contributed by atoms with Gasteiger partial charge in [0.2, 0.25) is 0 Å². The minimum atomic E-state index is -0.659. The Morgan fingerprint density at radius 2 is 2.26 bits per heavy atom. The minimum Gasteiger partial charge on any atom is -0.386 e. The summed E-state index contributed by atoms with van der Waals surface area (Å²) in [7, 11) is 1.64. The lowest BCUT2D eigenvalue weighted by Gasteiger charge is -2.25. The summed E-state index contributed by atoms with van der Waals surface area (Å²) in [4.78, 5) is 13.0. The second-order valence-electron chi connectivity index (χ2n) is 6.46. The zero-order valence-corrected chi connectivity index (χ0v) is 15.8. The van der Waals surface area contributed by atoms with Gasteiger partial charge in [-0.05, 0) is 31.0 Å². The van der Waals surface area contributed by atoms with Crippen LogP contribution in [0, 0.1) is 0 Å². The molecule has 27 heavy (non-hydrogen) atoms. The molecule has 0 radical (unpaired) electrons. The third-order valence-corrected chi connectivity index (χ3v) is 4.37. The molecule has 0 aromatic carbocycles. The number of guanidine groups is 1. The SMILES string of the molecule is CCNC(=NCC(O)c1ccncc1)NC1CCc2nc(COC)nn2C1. The van der Waals surface area contributed by atoms with Crippen molar-refractivity contribution in [3.8, 4) is 0 Å². The summed E-state index contributed by atoms with van der Waals surface area (Å²) >= 11 is 0. The Morgan fingerprint density at radius 1 is 1.44 bits per heavy atom. The lowest BCUT2D eigenvalue weighted by Crippen LogP contribution is -2.47. The third-order valence-electron chi connectivity index (χ3n) is 4.37. The van der Waals surface area contributed by atoms with Crippen LogP contribution in [0.1, 0.15) is 36.7 Å². The van der Waals surface area contributed by atoms with Crippen LogP contribution in [-0.2, 0) is 24.3 Å². The van der Waals surface area contributed by atoms with E-state index in [9.17, 15) is 5.11 Å². The number of pyridine rings is 1. The molecule has 1 aliphatic rings. The first-order valence-corrected chi connectivity index (χ1v) is 9.24. The quantitative estimate of drug-likeness (QED) is 0.477. The number of rotatable bonds is 7. The highest BCUT2D eigenvalue weighted by molar-refractivity contribution is 5.80. The molecule has 0 spiro atoms. The molecular weight excluding hydrogens is 346 g/mol. The van der Waals surface area contributed by atoms with Gasteiger partial charge in [0.15, 0.2) is 11.8 Å². The summed E-state index contributed by atoms with van der Waals surface area (Å²) in [6.07, 6.45) is 4.48. The van der Waals surface area contributed by atoms with E-state index >= 15 is 0 Å². The molecular formula is C18H27N7O2. The molecule has 0 fully saturated rings. The number of ether oxygens (including phenoxy) is 1. The van der Waals surface area contributed by atoms with E-state index in [2.05, 4.69) is 30.7 Å². The molecule has 2 aromatic heterocycles. The van der Waals surface area contributed by atoms with Crippen molar-refractivity contribution in [3.63, 3.8) is 0 Å². The average Bonchev–Trinajstić information content (AvgIpc) is 3.08. The molecule has 0 amide bonds. The van der Waals surface area contributed by atoms with Crippen molar-refractivity contribution in [1.29, 1.82) is 0 Å². The van der Waals surface area contributed by atoms with Gasteiger partial charge in [0.1, 0.15) is 12.4 Å². The molecule has 2 unspecified atom stereocenters. The van der Waals surface area contributed by atoms with Crippen molar-refractivity contribution < 1.29 is 9.84 Å². The highest BCUT2D eigenvalue weighted by Gasteiger charge is 2.22. The third kappa shape index (κ3) is 5.24. The van der Waals surface area contributed by atoms with Crippen LogP contribution in [0.5, 0.6) is 0 Å². The number of hydrogen-bond donors (Lipinski definition) is 3. The van der Waals surface area contributed by atoms with Crippen LogP contribution in [0.25, 0.3) is 0 Å². The summed E-state index contributed by atoms with van der Waals surface area (Å²) in [6, 6.07) is 3.79. The lowest BCUT2D eigenvalue weighted by atomic mass is 10.1. The predicted octanol–water partition coefficient (Wildman–Crippen LogP) is 0.423. The van der Waals surface area contributed by atoms with Crippen LogP contribution >= 0.6 is 0 Å². The first kappa shape index (κ1) is 19.2. The Morgan fingerprint density at radius 3 is 3.00 bits per heavy atom. The lowest BCUT2D eigenvalue weighted by molar-refractivity contribution is 0.177. The Kier molecular flexibility index (Phi) is 6.72. The molecule has 2 atom stereocenters. The van der Waals surface area contributed by atoms with E-state index < -0.39 is 6.10 Å². The van der Waals surface area contributed by atoms with Crippen LogP contribution in [-0.4, -0.2) is 57.1 Å². The van der Waals surface area contributed by atoms with Crippen molar-refractivity contribution in [3.05, 3.63) is 41.7 Å². The molecule has 3 rings (SSSR count). The fourth-order valence-electron chi connectivity index (χ4n) is 3.05. The highest BCUT2D eigenvalue weighted by Crippen LogP contribution is 2.14. The van der Waals surface area contributed by atoms with Gasteiger partial charge in [0.25, 0.3) is 0 Å². The number of nitrogens with one attached hydrogen (secondary N) is 2. The zero-order valence-electron chi connectivity index (χ0n) is 15.8. The topological polar surface area (TPSA) is 109 Å². The van der Waals surface area contributed by atoms with Crippen molar-refractivity contribution in [2.45, 2.75) is 45.1 Å². The van der Waals surface area contributed by atoms with Gasteiger partial charge in [-0.1, -0.05) is 0 Å². The van der Waals surface area contributed by atoms with Crippen LogP contribution in [0.15, 0.2) is 29.5 Å². The zero-order chi connectivity index (χ0) is 19.1. The van der Waals surface area contributed by atoms with Crippen molar-refractivity contribution >= 4 is 5.96 Å². The van der Waals surface area contributed by atoms with Crippen molar-refractivity contribution in [2.24, 2.45) is 4.99 Å². The molecule has 9 heteroatoms. The Labute approximate surface area is 158 Å². The van der Waals surface area contributed by atoms with E-state index in [-0.39, 0.29) is 12.6 Å². The normalized spacial score (nSPS) is 18.0. The number of aliphatic hydroxyl groups excluding tert-OH is 1. The number of hydrogen-bond acceptors (Lipinski definition) is 6. The van der Waals surface area contributed by atoms with Gasteiger partial charge in [-0.15, -0.1) is 0 Å². The van der Waals surface area contributed by atoms with E-state index in [0.717, 1.165) is 37.3 Å². The van der Waals surface area contributed by atoms with Gasteiger partial charge >= 0.3 is 0 Å². The maximum Gasteiger partial charge on any atom is 0.191 e. The van der Waals surface area contributed by atoms with Crippen LogP contribution < -0.4 is 10.6 Å². The van der Waals surface area contributed by atoms with E-state index in [4.69, 9.17) is 4.74 Å². The van der Waals surface area contributed by atoms with Gasteiger partial charge in [0.05, 0.1) is 19.2 Å². The van der Waals surface area contributed by atoms with Crippen molar-refractivity contribution in [2.75, 3.05) is 20.2 Å². The number of aryl methyl sites for hydroxylation is 1. The molecule has 1 aliphatic heterocycles. The van der Waals surface area contributed by atoms with Gasteiger partial charge < -0.3 is 20.5 Å². The molecule has 0 bridgehead atoms. The minimum absolute atomic E-state index is 0.200. The Bertz CT molecular complexity index is 747. The standard InChI is InChI=1S/C18H27N7O2/c1-3-20-18(21-10-15(26)13-6-8-19-9-7-13)22-14-4-5-17-23-16(12-27-2)24-25(17)11-14/h6-9,14-15,26H,3-5,10-12H2,1-2H3,(H2,20,21,22). The van der Waals surface area contributed by atoms with Gasteiger partial charge in [-0.25, -0.2) is 9.67 Å². The summed E-state index contributed by atoms with van der Waals surface area (Å²) in [5.41, 5.74) is 0.806. The molecule has 9 nitrogen and oxygen atoms in total. The molecule has 146 valence electrons. The largest absolute Gasteiger partial charge is 0.386 e. The first-order chi connectivity index (χ1) is 13.2. The van der Waals surface area contributed by atoms with E-state index in [0.29, 0.717) is 18.4 Å². The summed E-state index contributed by atoms with van der Waals surface area (Å²) in [6.45, 7) is 4.19. The number of fused-ring (bicyclic) bond motifs is 1. The van der Waals surface area contributed by atoms with Gasteiger partial charge in [0, 0.05) is 38.5 Å². The smallest absolute Gasteiger partial charge is 0.191 e. The number of aromatic nitrogens is 4. The van der Waals surface area contributed by atoms with E-state index in [1.54, 1.807) is 31.6 Å². The van der Waals surface area contributed by atoms with E-state index in [1.165, 1.54) is 0 Å². The predicted molar refractivity (Wildman–Crippen MR) is 101 cm³/mol. The second kappa shape index (κ2) is 9.43. The van der Waals surface area contributed by atoms with Gasteiger partial charge in [-0.3, -0.25) is 9.98 Å². The molecule has 0 saturated heterocycles. The molecule has 0 saturated carbocycles. The fraction of sp³-hybridized carbons (Fsp3) is 0.556. The monoisotopic (exact) mass is 373 g/mol. The molecule has 3 heterocycles. The van der Waals surface area contributed by atoms with E-state index in [1.807, 2.05) is 11.6 Å². The Balaban J connectivity index is 1.60. The summed E-state index contributed by atoms with van der Waals surface area (Å²) < 4.78 is 7.04. The van der Waals surface area contributed by atoms with Gasteiger partial charge in [-0.2, -0.15) is 5.10 Å². The van der Waals surface area contributed by atoms with Crippen LogP contribution in [0.3, 0.4) is 0 Å². The number of aliphatic hydroxyl groups is 1. The fourth-order valence-corrected chi connectivity index (χ4v) is 3.05. The maximum atomic E-state index is 10.3. The van der Waals surface area contributed by atoms with Crippen LogP contribution in [0.4, 0.5) is 0 Å². The molecule has 2 aromatic rings. The number of nitrogens with zero attached hydrogens (tertiary/aromatic N) is 5. The summed E-state index contributed by atoms with van der Waals surface area (Å²) in [5.74, 6) is 2.40.